The molecule has 0 saturated carbocycles. The molecule has 6 aromatic rings. The number of nitrogens with zero attached hydrogens (tertiary/aromatic N) is 5. The van der Waals surface area contributed by atoms with Crippen LogP contribution in [0.5, 0.6) is 23.1 Å². The first-order chi connectivity index (χ1) is 27.1. The van der Waals surface area contributed by atoms with Gasteiger partial charge in [0.1, 0.15) is 28.9 Å². The standard InChI is InChI=1S/C44H49N7O5/c1-30-11-13-32(14-12-30)51-41(29-39(49-51)44(2,3)4)48-43(52)46-37-15-16-38(36-10-7-6-9-35(36)37)56-42-17-18-45-40(47-42)27-31-25-33(53-5)28-34(26-31)55-22-8-19-50-20-23-54-24-21-50/h6-7,9-18,25-26,28-29H,8,19-24,27H2,1-5H3,(H2,46,48,52). The molecular formula is C44H49N7O5. The molecule has 0 bridgehead atoms. The molecular weight excluding hydrogens is 707 g/mol. The lowest BCUT2D eigenvalue weighted by Gasteiger charge is -2.26. The van der Waals surface area contributed by atoms with Gasteiger partial charge in [-0.05, 0) is 55.3 Å². The Morgan fingerprint density at radius 2 is 1.66 bits per heavy atom. The lowest BCUT2D eigenvalue weighted by Crippen LogP contribution is -2.37. The van der Waals surface area contributed by atoms with Gasteiger partial charge < -0.3 is 24.3 Å². The van der Waals surface area contributed by atoms with Crippen LogP contribution < -0.4 is 24.8 Å². The molecule has 1 fully saturated rings. The van der Waals surface area contributed by atoms with E-state index in [1.807, 2.05) is 91.9 Å². The number of aromatic nitrogens is 4. The monoisotopic (exact) mass is 755 g/mol. The molecule has 1 aliphatic rings. The summed E-state index contributed by atoms with van der Waals surface area (Å²) in [7, 11) is 1.65. The number of nitrogens with one attached hydrogen (secondary N) is 2. The molecule has 12 nitrogen and oxygen atoms in total. The predicted octanol–water partition coefficient (Wildman–Crippen LogP) is 8.56. The third kappa shape index (κ3) is 9.63. The van der Waals surface area contributed by atoms with Gasteiger partial charge in [-0.1, -0.05) is 62.7 Å². The molecule has 1 aliphatic heterocycles. The fourth-order valence-electron chi connectivity index (χ4n) is 6.51. The normalized spacial score (nSPS) is 13.4. The van der Waals surface area contributed by atoms with Crippen LogP contribution in [0.2, 0.25) is 0 Å². The summed E-state index contributed by atoms with van der Waals surface area (Å²) in [5.41, 5.74) is 4.23. The van der Waals surface area contributed by atoms with Gasteiger partial charge in [0.15, 0.2) is 0 Å². The maximum atomic E-state index is 13.5. The molecule has 12 heteroatoms. The number of hydrogen-bond donors (Lipinski definition) is 2. The summed E-state index contributed by atoms with van der Waals surface area (Å²) in [5, 5.41) is 12.5. The quantitative estimate of drug-likeness (QED) is 0.112. The largest absolute Gasteiger partial charge is 0.497 e. The van der Waals surface area contributed by atoms with Crippen molar-refractivity contribution in [3.05, 3.63) is 120 Å². The van der Waals surface area contributed by atoms with Crippen molar-refractivity contribution < 1.29 is 23.7 Å². The number of anilines is 2. The van der Waals surface area contributed by atoms with Crippen molar-refractivity contribution in [3.8, 4) is 28.8 Å². The number of hydrogen-bond acceptors (Lipinski definition) is 9. The van der Waals surface area contributed by atoms with Crippen LogP contribution in [0.15, 0.2) is 97.2 Å². The number of amides is 2. The van der Waals surface area contributed by atoms with Gasteiger partial charge in [-0.25, -0.2) is 14.5 Å². The number of fused-ring (bicyclic) bond motifs is 1. The number of rotatable bonds is 13. The average Bonchev–Trinajstić information content (AvgIpc) is 3.62. The zero-order valence-corrected chi connectivity index (χ0v) is 32.7. The minimum Gasteiger partial charge on any atom is -0.497 e. The lowest BCUT2D eigenvalue weighted by atomic mass is 9.92. The number of urea groups is 1. The molecule has 1 saturated heterocycles. The van der Waals surface area contributed by atoms with Crippen molar-refractivity contribution in [2.24, 2.45) is 0 Å². The minimum atomic E-state index is -0.392. The van der Waals surface area contributed by atoms with Gasteiger partial charge in [0, 0.05) is 66.6 Å². The summed E-state index contributed by atoms with van der Waals surface area (Å²) in [6, 6.07) is 28.6. The Labute approximate surface area is 327 Å². The highest BCUT2D eigenvalue weighted by atomic mass is 16.5. The molecule has 2 amide bonds. The van der Waals surface area contributed by atoms with E-state index < -0.39 is 6.03 Å². The average molecular weight is 756 g/mol. The highest BCUT2D eigenvalue weighted by molar-refractivity contribution is 6.07. The van der Waals surface area contributed by atoms with Gasteiger partial charge in [-0.2, -0.15) is 10.1 Å². The molecule has 3 heterocycles. The number of carbonyl (C=O) groups is 1. The van der Waals surface area contributed by atoms with E-state index >= 15 is 0 Å². The number of carbonyl (C=O) groups excluding carboxylic acids is 1. The highest BCUT2D eigenvalue weighted by Crippen LogP contribution is 2.35. The molecule has 4 aromatic carbocycles. The topological polar surface area (TPSA) is 125 Å². The van der Waals surface area contributed by atoms with Gasteiger partial charge in [-0.3, -0.25) is 10.2 Å². The maximum Gasteiger partial charge on any atom is 0.324 e. The molecule has 2 N–H and O–H groups in total. The summed E-state index contributed by atoms with van der Waals surface area (Å²) in [4.78, 5) is 25.2. The second-order valence-electron chi connectivity index (χ2n) is 14.9. The Bertz CT molecular complexity index is 2280. The SMILES string of the molecule is COc1cc(Cc2nccc(Oc3ccc(NC(=O)Nc4cc(C(C)(C)C)nn4-c4ccc(C)cc4)c4ccccc34)n2)cc(OCCCN2CCOCC2)c1. The van der Waals surface area contributed by atoms with Gasteiger partial charge in [0.2, 0.25) is 5.88 Å². The van der Waals surface area contributed by atoms with E-state index in [1.54, 1.807) is 24.1 Å². The van der Waals surface area contributed by atoms with Crippen molar-refractivity contribution in [2.75, 3.05) is 57.2 Å². The predicted molar refractivity (Wildman–Crippen MR) is 219 cm³/mol. The smallest absolute Gasteiger partial charge is 0.324 e. The number of benzene rings is 4. The second kappa shape index (κ2) is 17.2. The molecule has 290 valence electrons. The number of methoxy groups -OCH3 is 1. The first kappa shape index (κ1) is 38.3. The van der Waals surface area contributed by atoms with Crippen LogP contribution in [-0.4, -0.2) is 77.2 Å². The molecule has 0 aliphatic carbocycles. The summed E-state index contributed by atoms with van der Waals surface area (Å²) in [5.74, 6) is 3.61. The van der Waals surface area contributed by atoms with E-state index in [0.29, 0.717) is 47.7 Å². The van der Waals surface area contributed by atoms with E-state index in [9.17, 15) is 4.79 Å². The van der Waals surface area contributed by atoms with Crippen LogP contribution in [0.1, 0.15) is 49.8 Å². The van der Waals surface area contributed by atoms with Crippen molar-refractivity contribution in [1.82, 2.24) is 24.6 Å². The molecule has 0 radical (unpaired) electrons. The Morgan fingerprint density at radius 1 is 0.893 bits per heavy atom. The van der Waals surface area contributed by atoms with Crippen molar-refractivity contribution >= 4 is 28.3 Å². The van der Waals surface area contributed by atoms with E-state index in [0.717, 1.165) is 78.3 Å². The van der Waals surface area contributed by atoms with E-state index in [2.05, 4.69) is 41.3 Å². The Morgan fingerprint density at radius 3 is 2.43 bits per heavy atom. The van der Waals surface area contributed by atoms with Crippen LogP contribution in [0.4, 0.5) is 16.3 Å². The minimum absolute atomic E-state index is 0.212. The van der Waals surface area contributed by atoms with Gasteiger partial charge in [-0.15, -0.1) is 0 Å². The van der Waals surface area contributed by atoms with Crippen LogP contribution in [0, 0.1) is 6.92 Å². The van der Waals surface area contributed by atoms with Gasteiger partial charge >= 0.3 is 6.03 Å². The Hall–Kier alpha value is -5.98. The summed E-state index contributed by atoms with van der Waals surface area (Å²) in [6.07, 6.45) is 3.07. The highest BCUT2D eigenvalue weighted by Gasteiger charge is 2.22. The van der Waals surface area contributed by atoms with Crippen LogP contribution in [-0.2, 0) is 16.6 Å². The van der Waals surface area contributed by atoms with E-state index in [-0.39, 0.29) is 5.41 Å². The fourth-order valence-corrected chi connectivity index (χ4v) is 6.51. The van der Waals surface area contributed by atoms with E-state index in [4.69, 9.17) is 29.0 Å². The zero-order valence-electron chi connectivity index (χ0n) is 32.7. The third-order valence-corrected chi connectivity index (χ3v) is 9.55. The number of morpholine rings is 1. The molecule has 0 atom stereocenters. The first-order valence-electron chi connectivity index (χ1n) is 19.0. The number of ether oxygens (including phenoxy) is 4. The lowest BCUT2D eigenvalue weighted by molar-refractivity contribution is 0.0358. The second-order valence-corrected chi connectivity index (χ2v) is 14.9. The van der Waals surface area contributed by atoms with Gasteiger partial charge in [0.25, 0.3) is 0 Å². The van der Waals surface area contributed by atoms with Crippen LogP contribution >= 0.6 is 0 Å². The van der Waals surface area contributed by atoms with Crippen molar-refractivity contribution in [1.29, 1.82) is 0 Å². The van der Waals surface area contributed by atoms with Crippen molar-refractivity contribution in [2.45, 2.75) is 46.0 Å². The first-order valence-corrected chi connectivity index (χ1v) is 19.0. The molecule has 0 spiro atoms. The zero-order chi connectivity index (χ0) is 39.1. The summed E-state index contributed by atoms with van der Waals surface area (Å²) in [6.45, 7) is 13.4. The number of aryl methyl sites for hydroxylation is 1. The Kier molecular flexibility index (Phi) is 11.8. The third-order valence-electron chi connectivity index (χ3n) is 9.55. The molecule has 0 unspecified atom stereocenters. The molecule has 7 rings (SSSR count). The van der Waals surface area contributed by atoms with Crippen LogP contribution in [0.3, 0.4) is 0 Å². The van der Waals surface area contributed by atoms with E-state index in [1.165, 1.54) is 0 Å². The van der Waals surface area contributed by atoms with Crippen LogP contribution in [0.25, 0.3) is 16.5 Å². The molecule has 2 aromatic heterocycles. The summed E-state index contributed by atoms with van der Waals surface area (Å²) < 4.78 is 25.3. The maximum absolute atomic E-state index is 13.5. The van der Waals surface area contributed by atoms with Crippen molar-refractivity contribution in [3.63, 3.8) is 0 Å². The molecule has 56 heavy (non-hydrogen) atoms. The van der Waals surface area contributed by atoms with Gasteiger partial charge in [0.05, 0.1) is 44.0 Å². The Balaban J connectivity index is 1.04. The fraction of sp³-hybridized carbons (Fsp3) is 0.318. The summed E-state index contributed by atoms with van der Waals surface area (Å²) >= 11 is 0.